The standard InChI is InChI=1S/C17H26N2O2S.ClH/c20-15(16-4-2-10-22-16)11-14-3-1-9-19(14)17(21)6-5-13-7-8-18-12-13;/h2,4,10,13-15,18,20H,1,3,5-9,11-12H2;1H. The van der Waals surface area contributed by atoms with Gasteiger partial charge >= 0.3 is 0 Å². The molecule has 3 unspecified atom stereocenters. The van der Waals surface area contributed by atoms with Crippen molar-refractivity contribution in [2.45, 2.75) is 50.7 Å². The van der Waals surface area contributed by atoms with Gasteiger partial charge in [0.15, 0.2) is 0 Å². The number of aliphatic hydroxyl groups is 1. The summed E-state index contributed by atoms with van der Waals surface area (Å²) in [6, 6.07) is 4.16. The second-order valence-corrected chi connectivity index (χ2v) is 7.53. The van der Waals surface area contributed by atoms with Crippen LogP contribution in [0.4, 0.5) is 0 Å². The minimum absolute atomic E-state index is 0. The first-order valence-corrected chi connectivity index (χ1v) is 9.33. The third kappa shape index (κ3) is 4.92. The number of thiophene rings is 1. The highest BCUT2D eigenvalue weighted by atomic mass is 35.5. The van der Waals surface area contributed by atoms with E-state index in [4.69, 9.17) is 0 Å². The van der Waals surface area contributed by atoms with Crippen molar-refractivity contribution in [2.75, 3.05) is 19.6 Å². The average Bonchev–Trinajstić information content (AvgIpc) is 3.25. The van der Waals surface area contributed by atoms with Crippen LogP contribution in [0.5, 0.6) is 0 Å². The van der Waals surface area contributed by atoms with Crippen LogP contribution in [0, 0.1) is 5.92 Å². The van der Waals surface area contributed by atoms with E-state index in [-0.39, 0.29) is 24.4 Å². The molecule has 0 aliphatic carbocycles. The SMILES string of the molecule is Cl.O=C(CCC1CCNC1)N1CCCC1CC(O)c1cccs1. The zero-order chi connectivity index (χ0) is 15.4. The van der Waals surface area contributed by atoms with Gasteiger partial charge < -0.3 is 15.3 Å². The summed E-state index contributed by atoms with van der Waals surface area (Å²) in [7, 11) is 0. The maximum Gasteiger partial charge on any atom is 0.222 e. The molecule has 23 heavy (non-hydrogen) atoms. The number of carbonyl (C=O) groups is 1. The van der Waals surface area contributed by atoms with E-state index in [1.165, 1.54) is 6.42 Å². The summed E-state index contributed by atoms with van der Waals surface area (Å²) in [4.78, 5) is 15.5. The highest BCUT2D eigenvalue weighted by Gasteiger charge is 2.31. The molecule has 0 bridgehead atoms. The summed E-state index contributed by atoms with van der Waals surface area (Å²) < 4.78 is 0. The van der Waals surface area contributed by atoms with Crippen molar-refractivity contribution in [2.24, 2.45) is 5.92 Å². The summed E-state index contributed by atoms with van der Waals surface area (Å²) >= 11 is 1.59. The van der Waals surface area contributed by atoms with E-state index >= 15 is 0 Å². The van der Waals surface area contributed by atoms with Crippen LogP contribution in [0.2, 0.25) is 0 Å². The summed E-state index contributed by atoms with van der Waals surface area (Å²) in [5, 5.41) is 15.7. The molecule has 130 valence electrons. The number of rotatable bonds is 6. The van der Waals surface area contributed by atoms with E-state index in [2.05, 4.69) is 5.32 Å². The molecule has 0 saturated carbocycles. The lowest BCUT2D eigenvalue weighted by molar-refractivity contribution is -0.132. The maximum atomic E-state index is 12.5. The van der Waals surface area contributed by atoms with Crippen LogP contribution in [-0.4, -0.2) is 41.6 Å². The number of likely N-dealkylation sites (tertiary alicyclic amines) is 1. The first-order valence-electron chi connectivity index (χ1n) is 8.45. The number of hydrogen-bond acceptors (Lipinski definition) is 4. The van der Waals surface area contributed by atoms with Crippen LogP contribution in [0.15, 0.2) is 17.5 Å². The molecule has 3 rings (SSSR count). The Morgan fingerprint density at radius 2 is 2.35 bits per heavy atom. The minimum Gasteiger partial charge on any atom is -0.387 e. The molecule has 3 heterocycles. The largest absolute Gasteiger partial charge is 0.387 e. The predicted octanol–water partition coefficient (Wildman–Crippen LogP) is 2.97. The molecular weight excluding hydrogens is 332 g/mol. The predicted molar refractivity (Wildman–Crippen MR) is 96.1 cm³/mol. The molecular formula is C17H27ClN2O2S. The van der Waals surface area contributed by atoms with E-state index in [9.17, 15) is 9.90 Å². The summed E-state index contributed by atoms with van der Waals surface area (Å²) in [5.41, 5.74) is 0. The number of nitrogens with zero attached hydrogens (tertiary/aromatic N) is 1. The molecule has 2 aliphatic heterocycles. The summed E-state index contributed by atoms with van der Waals surface area (Å²) in [6.45, 7) is 3.02. The highest BCUT2D eigenvalue weighted by Crippen LogP contribution is 2.30. The lowest BCUT2D eigenvalue weighted by Gasteiger charge is -2.27. The minimum atomic E-state index is -0.433. The Balaban J connectivity index is 0.00000192. The number of amides is 1. The summed E-state index contributed by atoms with van der Waals surface area (Å²) in [5.74, 6) is 0.953. The van der Waals surface area contributed by atoms with E-state index in [1.54, 1.807) is 11.3 Å². The fraction of sp³-hybridized carbons (Fsp3) is 0.706. The number of aliphatic hydroxyl groups excluding tert-OH is 1. The number of halogens is 1. The van der Waals surface area contributed by atoms with E-state index in [0.717, 1.165) is 43.8 Å². The molecule has 1 amide bonds. The van der Waals surface area contributed by atoms with Gasteiger partial charge in [-0.2, -0.15) is 0 Å². The normalized spacial score (nSPS) is 25.3. The fourth-order valence-corrected chi connectivity index (χ4v) is 4.42. The van der Waals surface area contributed by atoms with Crippen molar-refractivity contribution in [1.82, 2.24) is 10.2 Å². The van der Waals surface area contributed by atoms with Crippen molar-refractivity contribution >= 4 is 29.7 Å². The van der Waals surface area contributed by atoms with Gasteiger partial charge in [-0.05, 0) is 62.6 Å². The monoisotopic (exact) mass is 358 g/mol. The van der Waals surface area contributed by atoms with Crippen molar-refractivity contribution < 1.29 is 9.90 Å². The molecule has 1 aromatic rings. The molecule has 6 heteroatoms. The Morgan fingerprint density at radius 1 is 1.48 bits per heavy atom. The number of hydrogen-bond donors (Lipinski definition) is 2. The Morgan fingerprint density at radius 3 is 3.04 bits per heavy atom. The Hall–Kier alpha value is -0.620. The molecule has 3 atom stereocenters. The Kier molecular flexibility index (Phi) is 7.34. The van der Waals surface area contributed by atoms with Crippen molar-refractivity contribution in [3.05, 3.63) is 22.4 Å². The van der Waals surface area contributed by atoms with E-state index in [0.29, 0.717) is 18.8 Å². The third-order valence-electron chi connectivity index (χ3n) is 4.99. The molecule has 2 fully saturated rings. The zero-order valence-corrected chi connectivity index (χ0v) is 15.1. The van der Waals surface area contributed by atoms with Gasteiger partial charge in [-0.25, -0.2) is 0 Å². The van der Waals surface area contributed by atoms with Crippen LogP contribution >= 0.6 is 23.7 Å². The quantitative estimate of drug-likeness (QED) is 0.822. The van der Waals surface area contributed by atoms with Gasteiger partial charge in [-0.15, -0.1) is 23.7 Å². The first kappa shape index (κ1) is 18.7. The first-order chi connectivity index (χ1) is 10.7. The molecule has 0 spiro atoms. The number of nitrogens with one attached hydrogen (secondary N) is 1. The number of carbonyl (C=O) groups excluding carboxylic acids is 1. The van der Waals surface area contributed by atoms with Crippen molar-refractivity contribution in [3.8, 4) is 0 Å². The molecule has 2 saturated heterocycles. The maximum absolute atomic E-state index is 12.5. The highest BCUT2D eigenvalue weighted by molar-refractivity contribution is 7.10. The van der Waals surface area contributed by atoms with Crippen LogP contribution in [0.1, 0.15) is 49.5 Å². The molecule has 0 aromatic carbocycles. The van der Waals surface area contributed by atoms with Gasteiger partial charge in [0, 0.05) is 23.9 Å². The van der Waals surface area contributed by atoms with E-state index < -0.39 is 6.10 Å². The fourth-order valence-electron chi connectivity index (χ4n) is 3.70. The Labute approximate surface area is 148 Å². The van der Waals surface area contributed by atoms with Gasteiger partial charge in [0.1, 0.15) is 0 Å². The van der Waals surface area contributed by atoms with Gasteiger partial charge in [-0.1, -0.05) is 6.07 Å². The second-order valence-electron chi connectivity index (χ2n) is 6.55. The Bertz CT molecular complexity index is 477. The van der Waals surface area contributed by atoms with Crippen molar-refractivity contribution in [1.29, 1.82) is 0 Å². The van der Waals surface area contributed by atoms with E-state index in [1.807, 2.05) is 22.4 Å². The molecule has 0 radical (unpaired) electrons. The van der Waals surface area contributed by atoms with Crippen LogP contribution < -0.4 is 5.32 Å². The van der Waals surface area contributed by atoms with Crippen molar-refractivity contribution in [3.63, 3.8) is 0 Å². The van der Waals surface area contributed by atoms with Gasteiger partial charge in [0.2, 0.25) is 5.91 Å². The third-order valence-corrected chi connectivity index (χ3v) is 5.97. The lowest BCUT2D eigenvalue weighted by Crippen LogP contribution is -2.36. The topological polar surface area (TPSA) is 52.6 Å². The van der Waals surface area contributed by atoms with Gasteiger partial charge in [0.25, 0.3) is 0 Å². The van der Waals surface area contributed by atoms with Gasteiger partial charge in [-0.3, -0.25) is 4.79 Å². The zero-order valence-electron chi connectivity index (χ0n) is 13.4. The average molecular weight is 359 g/mol. The second kappa shape index (κ2) is 9.02. The molecule has 2 N–H and O–H groups in total. The molecule has 1 aromatic heterocycles. The van der Waals surface area contributed by atoms with Crippen LogP contribution in [0.25, 0.3) is 0 Å². The lowest BCUT2D eigenvalue weighted by atomic mass is 10.0. The molecule has 2 aliphatic rings. The smallest absolute Gasteiger partial charge is 0.222 e. The van der Waals surface area contributed by atoms with Gasteiger partial charge in [0.05, 0.1) is 6.10 Å². The summed E-state index contributed by atoms with van der Waals surface area (Å²) in [6.07, 6.45) is 5.21. The molecule has 4 nitrogen and oxygen atoms in total. The van der Waals surface area contributed by atoms with Crippen LogP contribution in [-0.2, 0) is 4.79 Å². The van der Waals surface area contributed by atoms with Crippen LogP contribution in [0.3, 0.4) is 0 Å².